The number of rotatable bonds is 4. The van der Waals surface area contributed by atoms with E-state index in [9.17, 15) is 0 Å². The fourth-order valence-corrected chi connectivity index (χ4v) is 2.37. The number of hydrogen-bond acceptors (Lipinski definition) is 4. The summed E-state index contributed by atoms with van der Waals surface area (Å²) in [5.41, 5.74) is 2.72. The van der Waals surface area contributed by atoms with E-state index in [1.54, 1.807) is 14.0 Å². The van der Waals surface area contributed by atoms with E-state index in [0.717, 1.165) is 36.5 Å². The maximum absolute atomic E-state index is 8.84. The van der Waals surface area contributed by atoms with Crippen molar-refractivity contribution >= 4 is 5.71 Å². The van der Waals surface area contributed by atoms with Gasteiger partial charge < -0.3 is 9.94 Å². The quantitative estimate of drug-likeness (QED) is 0.506. The number of methoxy groups -OCH3 is 1. The fraction of sp³-hybridized carbons (Fsp3) is 0.500. The lowest BCUT2D eigenvalue weighted by Gasteiger charge is -2.17. The molecule has 1 heterocycles. The van der Waals surface area contributed by atoms with Crippen molar-refractivity contribution in [3.63, 3.8) is 0 Å². The van der Waals surface area contributed by atoms with Crippen LogP contribution in [0.15, 0.2) is 23.4 Å². The molecule has 0 aromatic heterocycles. The standard InChI is InChI=1S/C14H20N2O2/c1-11(15-17)12-5-6-14(18-2)13(9-12)10-16-7-3-4-8-16/h5-6,9,17H,3-4,7-8,10H2,1-2H3. The topological polar surface area (TPSA) is 45.1 Å². The molecule has 1 saturated heterocycles. The Morgan fingerprint density at radius 1 is 1.39 bits per heavy atom. The minimum absolute atomic E-state index is 0.625. The van der Waals surface area contributed by atoms with Crippen molar-refractivity contribution in [2.24, 2.45) is 5.16 Å². The van der Waals surface area contributed by atoms with Crippen LogP contribution >= 0.6 is 0 Å². The molecule has 4 nitrogen and oxygen atoms in total. The number of oxime groups is 1. The summed E-state index contributed by atoms with van der Waals surface area (Å²) in [7, 11) is 1.69. The summed E-state index contributed by atoms with van der Waals surface area (Å²) in [6, 6.07) is 5.91. The van der Waals surface area contributed by atoms with Crippen molar-refractivity contribution < 1.29 is 9.94 Å². The summed E-state index contributed by atoms with van der Waals surface area (Å²) >= 11 is 0. The van der Waals surface area contributed by atoms with E-state index in [1.165, 1.54) is 12.8 Å². The first-order valence-corrected chi connectivity index (χ1v) is 6.33. The first-order valence-electron chi connectivity index (χ1n) is 6.33. The van der Waals surface area contributed by atoms with Crippen molar-refractivity contribution in [2.75, 3.05) is 20.2 Å². The molecule has 1 aliphatic rings. The van der Waals surface area contributed by atoms with E-state index in [0.29, 0.717) is 5.71 Å². The molecule has 0 atom stereocenters. The molecular formula is C14H20N2O2. The van der Waals surface area contributed by atoms with Gasteiger partial charge in [0.2, 0.25) is 0 Å². The molecule has 1 aromatic carbocycles. The second-order valence-corrected chi connectivity index (χ2v) is 4.70. The number of hydrogen-bond donors (Lipinski definition) is 1. The lowest BCUT2D eigenvalue weighted by molar-refractivity contribution is 0.318. The third-order valence-electron chi connectivity index (χ3n) is 3.44. The Balaban J connectivity index is 2.24. The summed E-state index contributed by atoms with van der Waals surface area (Å²) < 4.78 is 5.39. The zero-order valence-corrected chi connectivity index (χ0v) is 11.0. The predicted molar refractivity (Wildman–Crippen MR) is 71.5 cm³/mol. The zero-order chi connectivity index (χ0) is 13.0. The first kappa shape index (κ1) is 12.9. The second-order valence-electron chi connectivity index (χ2n) is 4.70. The summed E-state index contributed by atoms with van der Waals surface area (Å²) in [5, 5.41) is 12.1. The largest absolute Gasteiger partial charge is 0.496 e. The van der Waals surface area contributed by atoms with E-state index >= 15 is 0 Å². The van der Waals surface area contributed by atoms with Gasteiger partial charge >= 0.3 is 0 Å². The van der Waals surface area contributed by atoms with Crippen LogP contribution in [0.5, 0.6) is 5.75 Å². The Morgan fingerprint density at radius 3 is 2.72 bits per heavy atom. The molecule has 0 saturated carbocycles. The molecule has 1 aliphatic heterocycles. The van der Waals surface area contributed by atoms with Gasteiger partial charge in [0.15, 0.2) is 0 Å². The van der Waals surface area contributed by atoms with E-state index in [1.807, 2.05) is 18.2 Å². The molecule has 0 aliphatic carbocycles. The molecule has 98 valence electrons. The fourth-order valence-electron chi connectivity index (χ4n) is 2.37. The minimum atomic E-state index is 0.625. The van der Waals surface area contributed by atoms with Crippen LogP contribution in [0.4, 0.5) is 0 Å². The predicted octanol–water partition coefficient (Wildman–Crippen LogP) is 2.49. The molecule has 1 N–H and O–H groups in total. The minimum Gasteiger partial charge on any atom is -0.496 e. The third kappa shape index (κ3) is 2.82. The third-order valence-corrected chi connectivity index (χ3v) is 3.44. The number of nitrogens with zero attached hydrogens (tertiary/aromatic N) is 2. The van der Waals surface area contributed by atoms with Gasteiger partial charge in [-0.15, -0.1) is 0 Å². The van der Waals surface area contributed by atoms with Crippen molar-refractivity contribution in [3.05, 3.63) is 29.3 Å². The first-order chi connectivity index (χ1) is 8.74. The van der Waals surface area contributed by atoms with Crippen molar-refractivity contribution in [3.8, 4) is 5.75 Å². The van der Waals surface area contributed by atoms with Gasteiger partial charge in [-0.05, 0) is 56.6 Å². The van der Waals surface area contributed by atoms with Gasteiger partial charge in [0.1, 0.15) is 5.75 Å². The lowest BCUT2D eigenvalue weighted by atomic mass is 10.1. The van der Waals surface area contributed by atoms with Crippen LogP contribution < -0.4 is 4.74 Å². The lowest BCUT2D eigenvalue weighted by Crippen LogP contribution is -2.19. The van der Waals surface area contributed by atoms with Crippen LogP contribution in [0.3, 0.4) is 0 Å². The Kier molecular flexibility index (Phi) is 4.20. The van der Waals surface area contributed by atoms with Gasteiger partial charge in [0, 0.05) is 12.1 Å². The number of benzene rings is 1. The van der Waals surface area contributed by atoms with Crippen LogP contribution in [0.2, 0.25) is 0 Å². The van der Waals surface area contributed by atoms with E-state index in [2.05, 4.69) is 10.1 Å². The number of likely N-dealkylation sites (tertiary alicyclic amines) is 1. The molecular weight excluding hydrogens is 228 g/mol. The molecule has 1 fully saturated rings. The Morgan fingerprint density at radius 2 is 2.11 bits per heavy atom. The SMILES string of the molecule is COc1ccc(C(C)=NO)cc1CN1CCCC1. The second kappa shape index (κ2) is 5.87. The highest BCUT2D eigenvalue weighted by atomic mass is 16.5. The maximum atomic E-state index is 8.84. The molecule has 0 spiro atoms. The van der Waals surface area contributed by atoms with Gasteiger partial charge in [-0.25, -0.2) is 0 Å². The van der Waals surface area contributed by atoms with Gasteiger partial charge in [0.25, 0.3) is 0 Å². The molecule has 0 radical (unpaired) electrons. The normalized spacial score (nSPS) is 17.1. The Labute approximate surface area is 108 Å². The highest BCUT2D eigenvalue weighted by molar-refractivity contribution is 5.98. The molecule has 4 heteroatoms. The summed E-state index contributed by atoms with van der Waals surface area (Å²) in [6.07, 6.45) is 2.55. The van der Waals surface area contributed by atoms with E-state index < -0.39 is 0 Å². The van der Waals surface area contributed by atoms with Crippen LogP contribution in [-0.2, 0) is 6.54 Å². The Hall–Kier alpha value is -1.55. The van der Waals surface area contributed by atoms with Gasteiger partial charge in [-0.1, -0.05) is 5.16 Å². The van der Waals surface area contributed by atoms with Gasteiger partial charge in [-0.2, -0.15) is 0 Å². The van der Waals surface area contributed by atoms with Crippen LogP contribution in [0.25, 0.3) is 0 Å². The summed E-state index contributed by atoms with van der Waals surface area (Å²) in [5.74, 6) is 0.899. The van der Waals surface area contributed by atoms with E-state index in [4.69, 9.17) is 9.94 Å². The van der Waals surface area contributed by atoms with Crippen LogP contribution in [0, 0.1) is 0 Å². The monoisotopic (exact) mass is 248 g/mol. The highest BCUT2D eigenvalue weighted by Gasteiger charge is 2.15. The average molecular weight is 248 g/mol. The zero-order valence-electron chi connectivity index (χ0n) is 11.0. The van der Waals surface area contributed by atoms with E-state index in [-0.39, 0.29) is 0 Å². The molecule has 18 heavy (non-hydrogen) atoms. The van der Waals surface area contributed by atoms with Crippen molar-refractivity contribution in [1.29, 1.82) is 0 Å². The molecule has 2 rings (SSSR count). The van der Waals surface area contributed by atoms with Gasteiger partial charge in [0.05, 0.1) is 12.8 Å². The van der Waals surface area contributed by atoms with Crippen molar-refractivity contribution in [1.82, 2.24) is 4.90 Å². The highest BCUT2D eigenvalue weighted by Crippen LogP contribution is 2.23. The van der Waals surface area contributed by atoms with Gasteiger partial charge in [-0.3, -0.25) is 4.90 Å². The molecule has 0 bridgehead atoms. The van der Waals surface area contributed by atoms with Crippen LogP contribution in [-0.4, -0.2) is 36.0 Å². The summed E-state index contributed by atoms with van der Waals surface area (Å²) in [6.45, 7) is 5.00. The molecule has 1 aromatic rings. The molecule has 0 amide bonds. The smallest absolute Gasteiger partial charge is 0.123 e. The maximum Gasteiger partial charge on any atom is 0.123 e. The Bertz CT molecular complexity index is 437. The average Bonchev–Trinajstić information content (AvgIpc) is 2.90. The molecule has 0 unspecified atom stereocenters. The summed E-state index contributed by atoms with van der Waals surface area (Å²) in [4.78, 5) is 2.42. The van der Waals surface area contributed by atoms with Crippen LogP contribution in [0.1, 0.15) is 30.9 Å². The van der Waals surface area contributed by atoms with Crippen molar-refractivity contribution in [2.45, 2.75) is 26.3 Å². The number of ether oxygens (including phenoxy) is 1.